The first-order valence-electron chi connectivity index (χ1n) is 7.36. The predicted octanol–water partition coefficient (Wildman–Crippen LogP) is 4.34. The first-order valence-corrected chi connectivity index (χ1v) is 7.73. The number of amides is 1. The van der Waals surface area contributed by atoms with Gasteiger partial charge >= 0.3 is 5.97 Å². The molecule has 2 aromatic carbocycles. The van der Waals surface area contributed by atoms with E-state index < -0.39 is 35.4 Å². The molecule has 0 saturated heterocycles. The van der Waals surface area contributed by atoms with E-state index in [1.165, 1.54) is 25.1 Å². The number of esters is 1. The molecular formula is C18H13ClF3NO3. The molecule has 0 radical (unpaired) electrons. The molecule has 0 fully saturated rings. The van der Waals surface area contributed by atoms with E-state index in [0.29, 0.717) is 5.56 Å². The molecule has 1 amide bonds. The van der Waals surface area contributed by atoms with Crippen molar-refractivity contribution in [1.29, 1.82) is 0 Å². The van der Waals surface area contributed by atoms with Crippen molar-refractivity contribution < 1.29 is 27.5 Å². The Hall–Kier alpha value is -2.80. The summed E-state index contributed by atoms with van der Waals surface area (Å²) in [5.41, 5.74) is 0.0849. The molecule has 0 unspecified atom stereocenters. The van der Waals surface area contributed by atoms with Crippen molar-refractivity contribution in [2.75, 3.05) is 5.32 Å². The summed E-state index contributed by atoms with van der Waals surface area (Å²) in [4.78, 5) is 23.6. The highest BCUT2D eigenvalue weighted by Crippen LogP contribution is 2.17. The predicted molar refractivity (Wildman–Crippen MR) is 91.0 cm³/mol. The van der Waals surface area contributed by atoms with Gasteiger partial charge in [-0.3, -0.25) is 4.79 Å². The summed E-state index contributed by atoms with van der Waals surface area (Å²) in [7, 11) is 0. The van der Waals surface area contributed by atoms with E-state index in [-0.39, 0.29) is 10.7 Å². The number of anilines is 1. The second-order valence-electron chi connectivity index (χ2n) is 5.20. The highest BCUT2D eigenvalue weighted by atomic mass is 35.5. The van der Waals surface area contributed by atoms with Crippen molar-refractivity contribution in [1.82, 2.24) is 0 Å². The van der Waals surface area contributed by atoms with E-state index >= 15 is 0 Å². The van der Waals surface area contributed by atoms with Crippen LogP contribution in [0, 0.1) is 17.5 Å². The summed E-state index contributed by atoms with van der Waals surface area (Å²) < 4.78 is 44.5. The van der Waals surface area contributed by atoms with Crippen molar-refractivity contribution in [3.63, 3.8) is 0 Å². The number of ether oxygens (including phenoxy) is 1. The number of carbonyl (C=O) groups is 2. The van der Waals surface area contributed by atoms with Crippen LogP contribution < -0.4 is 5.32 Å². The summed E-state index contributed by atoms with van der Waals surface area (Å²) in [6, 6.07) is 6.41. The van der Waals surface area contributed by atoms with E-state index in [4.69, 9.17) is 16.3 Å². The third-order valence-electron chi connectivity index (χ3n) is 3.20. The first kappa shape index (κ1) is 19.5. The number of benzene rings is 2. The molecule has 2 aromatic rings. The summed E-state index contributed by atoms with van der Waals surface area (Å²) in [5, 5.41) is 2.02. The van der Waals surface area contributed by atoms with Crippen LogP contribution in [0.25, 0.3) is 6.08 Å². The van der Waals surface area contributed by atoms with E-state index in [9.17, 15) is 22.8 Å². The zero-order chi connectivity index (χ0) is 19.3. The van der Waals surface area contributed by atoms with Gasteiger partial charge < -0.3 is 10.1 Å². The highest BCUT2D eigenvalue weighted by molar-refractivity contribution is 6.30. The van der Waals surface area contributed by atoms with Gasteiger partial charge in [-0.1, -0.05) is 17.7 Å². The minimum Gasteiger partial charge on any atom is -0.449 e. The minimum absolute atomic E-state index is 0.106. The van der Waals surface area contributed by atoms with Crippen LogP contribution in [0.1, 0.15) is 12.5 Å². The van der Waals surface area contributed by atoms with Crippen LogP contribution in [0.15, 0.2) is 42.5 Å². The van der Waals surface area contributed by atoms with Crippen LogP contribution in [0.4, 0.5) is 18.9 Å². The highest BCUT2D eigenvalue weighted by Gasteiger charge is 2.18. The molecule has 0 heterocycles. The van der Waals surface area contributed by atoms with Crippen molar-refractivity contribution in [3.05, 3.63) is 70.5 Å². The molecule has 0 spiro atoms. The zero-order valence-electron chi connectivity index (χ0n) is 13.4. The van der Waals surface area contributed by atoms with E-state index in [0.717, 1.165) is 30.3 Å². The quantitative estimate of drug-likeness (QED) is 0.617. The van der Waals surface area contributed by atoms with Crippen LogP contribution in [0.2, 0.25) is 5.02 Å². The van der Waals surface area contributed by atoms with Gasteiger partial charge in [0, 0.05) is 12.1 Å². The fourth-order valence-corrected chi connectivity index (χ4v) is 2.06. The SMILES string of the molecule is C[C@@H](OC(=O)/C=C/c1ccc(F)c(Cl)c1)C(=O)Nc1cc(F)ccc1F. The zero-order valence-corrected chi connectivity index (χ0v) is 14.2. The average Bonchev–Trinajstić information content (AvgIpc) is 2.59. The molecule has 1 atom stereocenters. The number of hydrogen-bond donors (Lipinski definition) is 1. The molecule has 0 aliphatic carbocycles. The number of hydrogen-bond acceptors (Lipinski definition) is 3. The second kappa shape index (κ2) is 8.53. The molecule has 2 rings (SSSR count). The Balaban J connectivity index is 1.95. The Morgan fingerprint density at radius 2 is 1.81 bits per heavy atom. The molecule has 8 heteroatoms. The molecular weight excluding hydrogens is 371 g/mol. The van der Waals surface area contributed by atoms with E-state index in [2.05, 4.69) is 5.32 Å². The Kier molecular flexibility index (Phi) is 6.41. The molecule has 0 bridgehead atoms. The molecule has 136 valence electrons. The molecule has 0 saturated carbocycles. The first-order chi connectivity index (χ1) is 12.3. The van der Waals surface area contributed by atoms with Crippen molar-refractivity contribution in [2.45, 2.75) is 13.0 Å². The monoisotopic (exact) mass is 383 g/mol. The lowest BCUT2D eigenvalue weighted by atomic mass is 10.2. The lowest BCUT2D eigenvalue weighted by Gasteiger charge is -2.12. The van der Waals surface area contributed by atoms with Crippen LogP contribution in [-0.2, 0) is 14.3 Å². The summed E-state index contributed by atoms with van der Waals surface area (Å²) in [6.07, 6.45) is 1.09. The maximum absolute atomic E-state index is 13.5. The average molecular weight is 384 g/mol. The molecule has 0 aliphatic heterocycles. The standard InChI is InChI=1S/C18H13ClF3NO3/c1-10(18(25)23-16-9-12(20)4-6-15(16)22)26-17(24)7-3-11-2-5-14(21)13(19)8-11/h2-10H,1H3,(H,23,25)/b7-3+/t10-/m1/s1. The maximum Gasteiger partial charge on any atom is 0.331 e. The third-order valence-corrected chi connectivity index (χ3v) is 3.49. The Bertz CT molecular complexity index is 871. The van der Waals surface area contributed by atoms with Crippen molar-refractivity contribution in [2.24, 2.45) is 0 Å². The topological polar surface area (TPSA) is 55.4 Å². The summed E-state index contributed by atoms with van der Waals surface area (Å²) in [5.74, 6) is -3.84. The fourth-order valence-electron chi connectivity index (χ4n) is 1.87. The van der Waals surface area contributed by atoms with Crippen LogP contribution in [0.5, 0.6) is 0 Å². The van der Waals surface area contributed by atoms with Gasteiger partial charge in [0.1, 0.15) is 17.5 Å². The van der Waals surface area contributed by atoms with Gasteiger partial charge in [-0.15, -0.1) is 0 Å². The van der Waals surface area contributed by atoms with Crippen molar-refractivity contribution in [3.8, 4) is 0 Å². The van der Waals surface area contributed by atoms with Crippen molar-refractivity contribution >= 4 is 35.2 Å². The lowest BCUT2D eigenvalue weighted by Crippen LogP contribution is -2.29. The number of rotatable bonds is 5. The number of carbonyl (C=O) groups excluding carboxylic acids is 2. The van der Waals surface area contributed by atoms with Gasteiger partial charge in [-0.05, 0) is 42.8 Å². The van der Waals surface area contributed by atoms with Gasteiger partial charge in [0.05, 0.1) is 10.7 Å². The Labute approximate surface area is 152 Å². The third kappa shape index (κ3) is 5.35. The van der Waals surface area contributed by atoms with Gasteiger partial charge in [0.15, 0.2) is 6.10 Å². The normalized spacial score (nSPS) is 12.0. The molecule has 0 aliphatic rings. The van der Waals surface area contributed by atoms with E-state index in [1.807, 2.05) is 0 Å². The maximum atomic E-state index is 13.5. The largest absolute Gasteiger partial charge is 0.449 e. The van der Waals surface area contributed by atoms with Crippen LogP contribution in [-0.4, -0.2) is 18.0 Å². The summed E-state index contributed by atoms with van der Waals surface area (Å²) >= 11 is 5.62. The van der Waals surface area contributed by atoms with Crippen LogP contribution in [0.3, 0.4) is 0 Å². The summed E-state index contributed by atoms with van der Waals surface area (Å²) in [6.45, 7) is 1.27. The minimum atomic E-state index is -1.26. The Morgan fingerprint density at radius 3 is 2.50 bits per heavy atom. The molecule has 4 nitrogen and oxygen atoms in total. The molecule has 0 aromatic heterocycles. The number of nitrogens with one attached hydrogen (secondary N) is 1. The Morgan fingerprint density at radius 1 is 1.12 bits per heavy atom. The van der Waals surface area contributed by atoms with E-state index in [1.54, 1.807) is 0 Å². The fraction of sp³-hybridized carbons (Fsp3) is 0.111. The van der Waals surface area contributed by atoms with Crippen LogP contribution >= 0.6 is 11.6 Å². The van der Waals surface area contributed by atoms with Gasteiger partial charge in [0.2, 0.25) is 0 Å². The molecule has 26 heavy (non-hydrogen) atoms. The second-order valence-corrected chi connectivity index (χ2v) is 5.61. The number of halogens is 4. The molecule has 1 N–H and O–H groups in total. The smallest absolute Gasteiger partial charge is 0.331 e. The van der Waals surface area contributed by atoms with Gasteiger partial charge in [0.25, 0.3) is 5.91 Å². The van der Waals surface area contributed by atoms with Gasteiger partial charge in [-0.25, -0.2) is 18.0 Å². The van der Waals surface area contributed by atoms with Gasteiger partial charge in [-0.2, -0.15) is 0 Å². The lowest BCUT2D eigenvalue weighted by molar-refractivity contribution is -0.148.